The molecule has 3 aromatic carbocycles. The summed E-state index contributed by atoms with van der Waals surface area (Å²) in [6, 6.07) is 20.0. The third kappa shape index (κ3) is 9.41. The molecule has 0 saturated heterocycles. The molecule has 1 N–H and O–H groups in total. The van der Waals surface area contributed by atoms with Crippen LogP contribution in [-0.4, -0.2) is 49.5 Å². The van der Waals surface area contributed by atoms with Gasteiger partial charge in [0, 0.05) is 31.5 Å². The van der Waals surface area contributed by atoms with Gasteiger partial charge in [0.1, 0.15) is 11.9 Å². The highest BCUT2D eigenvalue weighted by atomic mass is 32.2. The van der Waals surface area contributed by atoms with E-state index in [0.717, 1.165) is 22.9 Å². The molecule has 0 unspecified atom stereocenters. The lowest BCUT2D eigenvalue weighted by Crippen LogP contribution is -2.54. The van der Waals surface area contributed by atoms with Gasteiger partial charge in [-0.1, -0.05) is 54.6 Å². The normalized spacial score (nSPS) is 12.5. The number of amides is 2. The summed E-state index contributed by atoms with van der Waals surface area (Å²) < 4.78 is 40.5. The van der Waals surface area contributed by atoms with Gasteiger partial charge in [0.25, 0.3) is 0 Å². The Kier molecular flexibility index (Phi) is 10.9. The Morgan fingerprint density at radius 2 is 1.55 bits per heavy atom. The molecule has 0 spiro atoms. The van der Waals surface area contributed by atoms with Gasteiger partial charge in [0.05, 0.1) is 11.9 Å². The van der Waals surface area contributed by atoms with Crippen molar-refractivity contribution in [1.82, 2.24) is 10.2 Å². The van der Waals surface area contributed by atoms with Gasteiger partial charge in [-0.2, -0.15) is 0 Å². The number of aryl methyl sites for hydroxylation is 1. The Morgan fingerprint density at radius 1 is 0.905 bits per heavy atom. The van der Waals surface area contributed by atoms with Crippen LogP contribution >= 0.6 is 0 Å². The second-order valence-corrected chi connectivity index (χ2v) is 13.7. The Hall–Kier alpha value is -3.72. The van der Waals surface area contributed by atoms with Crippen molar-refractivity contribution in [3.05, 3.63) is 101 Å². The van der Waals surface area contributed by atoms with Crippen LogP contribution in [0.15, 0.2) is 72.8 Å². The molecule has 0 bridgehead atoms. The summed E-state index contributed by atoms with van der Waals surface area (Å²) in [6.45, 7) is 9.64. The first kappa shape index (κ1) is 32.8. The lowest BCUT2D eigenvalue weighted by Gasteiger charge is -2.34. The highest BCUT2D eigenvalue weighted by Crippen LogP contribution is 2.26. The van der Waals surface area contributed by atoms with Crippen LogP contribution in [0, 0.1) is 19.7 Å². The number of benzene rings is 3. The SMILES string of the molecule is Cc1cccc(N(CCCC(=O)N(Cc2ccc(F)cc2)[C@@H](Cc2ccccc2)C(=O)NC(C)(C)C)S(C)(=O)=O)c1C. The Balaban J connectivity index is 1.92. The maximum absolute atomic E-state index is 13.9. The molecule has 42 heavy (non-hydrogen) atoms. The van der Waals surface area contributed by atoms with Crippen molar-refractivity contribution in [1.29, 1.82) is 0 Å². The van der Waals surface area contributed by atoms with E-state index in [-0.39, 0.29) is 44.2 Å². The lowest BCUT2D eigenvalue weighted by atomic mass is 10.00. The van der Waals surface area contributed by atoms with Crippen molar-refractivity contribution in [2.45, 2.75) is 72.0 Å². The minimum absolute atomic E-state index is 0.0200. The molecule has 2 amide bonds. The topological polar surface area (TPSA) is 86.8 Å². The molecule has 0 aliphatic carbocycles. The van der Waals surface area contributed by atoms with Gasteiger partial charge in [0.2, 0.25) is 21.8 Å². The number of nitrogens with one attached hydrogen (secondary N) is 1. The minimum Gasteiger partial charge on any atom is -0.350 e. The van der Waals surface area contributed by atoms with E-state index in [4.69, 9.17) is 0 Å². The molecule has 0 radical (unpaired) electrons. The van der Waals surface area contributed by atoms with Crippen molar-refractivity contribution in [3.63, 3.8) is 0 Å². The lowest BCUT2D eigenvalue weighted by molar-refractivity contribution is -0.142. The van der Waals surface area contributed by atoms with Crippen LogP contribution in [0.25, 0.3) is 0 Å². The molecule has 3 rings (SSSR count). The maximum atomic E-state index is 13.9. The molecule has 0 saturated carbocycles. The minimum atomic E-state index is -3.61. The molecule has 7 nitrogen and oxygen atoms in total. The number of hydrogen-bond acceptors (Lipinski definition) is 4. The molecular formula is C33H42FN3O4S. The zero-order valence-electron chi connectivity index (χ0n) is 25.4. The van der Waals surface area contributed by atoms with E-state index in [9.17, 15) is 22.4 Å². The van der Waals surface area contributed by atoms with Crippen molar-refractivity contribution in [2.75, 3.05) is 17.1 Å². The highest BCUT2D eigenvalue weighted by molar-refractivity contribution is 7.92. The van der Waals surface area contributed by atoms with Gasteiger partial charge in [-0.3, -0.25) is 13.9 Å². The van der Waals surface area contributed by atoms with Crippen molar-refractivity contribution in [2.24, 2.45) is 0 Å². The van der Waals surface area contributed by atoms with Crippen LogP contribution in [-0.2, 0) is 32.6 Å². The summed E-state index contributed by atoms with van der Waals surface area (Å²) in [7, 11) is -3.61. The van der Waals surface area contributed by atoms with E-state index in [1.54, 1.807) is 18.2 Å². The molecule has 0 aliphatic heterocycles. The van der Waals surface area contributed by atoms with Gasteiger partial charge in [-0.25, -0.2) is 12.8 Å². The first-order valence-electron chi connectivity index (χ1n) is 14.1. The van der Waals surface area contributed by atoms with Crippen molar-refractivity contribution < 1.29 is 22.4 Å². The Bertz CT molecular complexity index is 1470. The van der Waals surface area contributed by atoms with Gasteiger partial charge in [0.15, 0.2) is 0 Å². The number of nitrogens with zero attached hydrogens (tertiary/aromatic N) is 2. The van der Waals surface area contributed by atoms with Gasteiger partial charge < -0.3 is 10.2 Å². The summed E-state index contributed by atoms with van der Waals surface area (Å²) in [5, 5.41) is 3.02. The van der Waals surface area contributed by atoms with E-state index in [0.29, 0.717) is 11.3 Å². The maximum Gasteiger partial charge on any atom is 0.243 e. The molecule has 9 heteroatoms. The third-order valence-corrected chi connectivity index (χ3v) is 8.21. The predicted molar refractivity (Wildman–Crippen MR) is 166 cm³/mol. The number of sulfonamides is 1. The molecule has 3 aromatic rings. The second kappa shape index (κ2) is 14.0. The van der Waals surface area contributed by atoms with Crippen LogP contribution in [0.3, 0.4) is 0 Å². The number of carbonyl (C=O) groups is 2. The Labute approximate surface area is 249 Å². The molecule has 0 heterocycles. The van der Waals surface area contributed by atoms with E-state index < -0.39 is 27.4 Å². The molecule has 0 aliphatic rings. The largest absolute Gasteiger partial charge is 0.350 e. The summed E-state index contributed by atoms with van der Waals surface area (Å²) in [5.41, 5.74) is 3.45. The fourth-order valence-corrected chi connectivity index (χ4v) is 5.80. The van der Waals surface area contributed by atoms with Crippen LogP contribution in [0.5, 0.6) is 0 Å². The first-order chi connectivity index (χ1) is 19.7. The van der Waals surface area contributed by atoms with Crippen LogP contribution < -0.4 is 9.62 Å². The average Bonchev–Trinajstić information content (AvgIpc) is 2.90. The Morgan fingerprint density at radius 3 is 2.14 bits per heavy atom. The quantitative estimate of drug-likeness (QED) is 0.298. The molecular weight excluding hydrogens is 553 g/mol. The zero-order chi connectivity index (χ0) is 31.1. The summed E-state index contributed by atoms with van der Waals surface area (Å²) >= 11 is 0. The fraction of sp³-hybridized carbons (Fsp3) is 0.394. The van der Waals surface area contributed by atoms with E-state index in [2.05, 4.69) is 5.32 Å². The number of halogens is 1. The summed E-state index contributed by atoms with van der Waals surface area (Å²) in [4.78, 5) is 29.1. The summed E-state index contributed by atoms with van der Waals surface area (Å²) in [6.07, 6.45) is 1.71. The van der Waals surface area contributed by atoms with E-state index in [1.165, 1.54) is 21.3 Å². The number of hydrogen-bond donors (Lipinski definition) is 1. The number of carbonyl (C=O) groups excluding carboxylic acids is 2. The van der Waals surface area contributed by atoms with Crippen LogP contribution in [0.4, 0.5) is 10.1 Å². The molecule has 0 fully saturated rings. The van der Waals surface area contributed by atoms with E-state index in [1.807, 2.05) is 77.1 Å². The molecule has 0 aromatic heterocycles. The predicted octanol–water partition coefficient (Wildman–Crippen LogP) is 5.54. The van der Waals surface area contributed by atoms with Gasteiger partial charge >= 0.3 is 0 Å². The van der Waals surface area contributed by atoms with Crippen molar-refractivity contribution >= 4 is 27.5 Å². The van der Waals surface area contributed by atoms with Gasteiger partial charge in [-0.05, 0) is 81.5 Å². The summed E-state index contributed by atoms with van der Waals surface area (Å²) in [5.74, 6) is -0.982. The standard InChI is InChI=1S/C33H42FN3O4S/c1-24-12-10-15-29(25(24)2)37(42(6,40)41)21-11-16-31(38)36(23-27-17-19-28(34)20-18-27)30(32(39)35-33(3,4)5)22-26-13-8-7-9-14-26/h7-10,12-15,17-20,30H,11,16,21-23H2,1-6H3,(H,35,39)/t30-/m0/s1. The monoisotopic (exact) mass is 595 g/mol. The highest BCUT2D eigenvalue weighted by Gasteiger charge is 2.32. The molecule has 1 atom stereocenters. The van der Waals surface area contributed by atoms with Crippen LogP contribution in [0.2, 0.25) is 0 Å². The fourth-order valence-electron chi connectivity index (χ4n) is 4.78. The second-order valence-electron chi connectivity index (χ2n) is 11.8. The number of anilines is 1. The van der Waals surface area contributed by atoms with Crippen molar-refractivity contribution in [3.8, 4) is 0 Å². The zero-order valence-corrected chi connectivity index (χ0v) is 26.2. The molecule has 226 valence electrons. The smallest absolute Gasteiger partial charge is 0.243 e. The van der Waals surface area contributed by atoms with Crippen LogP contribution in [0.1, 0.15) is 55.9 Å². The average molecular weight is 596 g/mol. The number of rotatable bonds is 12. The third-order valence-electron chi connectivity index (χ3n) is 7.03. The van der Waals surface area contributed by atoms with Gasteiger partial charge in [-0.15, -0.1) is 0 Å². The van der Waals surface area contributed by atoms with E-state index >= 15 is 0 Å². The first-order valence-corrected chi connectivity index (χ1v) is 15.9.